The Bertz CT molecular complexity index is 1080. The Kier molecular flexibility index (Phi) is 6.05. The van der Waals surface area contributed by atoms with Gasteiger partial charge in [-0.05, 0) is 68.5 Å². The molecule has 0 radical (unpaired) electrons. The quantitative estimate of drug-likeness (QED) is 0.547. The fourth-order valence-corrected chi connectivity index (χ4v) is 4.51. The lowest BCUT2D eigenvalue weighted by Crippen LogP contribution is -2.37. The maximum Gasteiger partial charge on any atom is 0.290 e. The second-order valence-corrected chi connectivity index (χ2v) is 8.89. The van der Waals surface area contributed by atoms with E-state index in [4.69, 9.17) is 9.15 Å². The lowest BCUT2D eigenvalue weighted by molar-refractivity contribution is 0.0485. The van der Waals surface area contributed by atoms with Crippen LogP contribution in [0.2, 0.25) is 0 Å². The molecule has 31 heavy (non-hydrogen) atoms. The molecule has 4 rings (SSSR count). The number of benzene rings is 2. The first kappa shape index (κ1) is 21.4. The van der Waals surface area contributed by atoms with Crippen molar-refractivity contribution >= 4 is 22.6 Å². The van der Waals surface area contributed by atoms with E-state index in [9.17, 15) is 4.79 Å². The number of carbonyl (C=O) groups is 1. The first-order valence-electron chi connectivity index (χ1n) is 11.0. The topological polar surface area (TPSA) is 45.9 Å². The van der Waals surface area contributed by atoms with Crippen molar-refractivity contribution in [1.82, 2.24) is 4.90 Å². The summed E-state index contributed by atoms with van der Waals surface area (Å²) in [6, 6.07) is 12.5. The predicted molar refractivity (Wildman–Crippen MR) is 125 cm³/mol. The molecule has 2 heterocycles. The summed E-state index contributed by atoms with van der Waals surface area (Å²) in [6.45, 7) is 7.98. The van der Waals surface area contributed by atoms with E-state index in [0.717, 1.165) is 58.4 Å². The summed E-state index contributed by atoms with van der Waals surface area (Å²) in [7, 11) is 4.05. The van der Waals surface area contributed by atoms with Crippen molar-refractivity contribution in [2.24, 2.45) is 0 Å². The molecule has 1 aliphatic heterocycles. The molecule has 1 aromatic heterocycles. The van der Waals surface area contributed by atoms with Crippen LogP contribution in [0.3, 0.4) is 0 Å². The highest BCUT2D eigenvalue weighted by Crippen LogP contribution is 2.31. The van der Waals surface area contributed by atoms with Crippen LogP contribution in [0, 0.1) is 20.8 Å². The minimum absolute atomic E-state index is 0.0714. The number of aryl methyl sites for hydroxylation is 3. The van der Waals surface area contributed by atoms with Crippen molar-refractivity contribution in [3.8, 4) is 0 Å². The molecule has 0 N–H and O–H groups in total. The zero-order chi connectivity index (χ0) is 22.1. The summed E-state index contributed by atoms with van der Waals surface area (Å²) in [5.41, 5.74) is 6.20. The van der Waals surface area contributed by atoms with E-state index < -0.39 is 0 Å². The normalized spacial score (nSPS) is 16.1. The largest absolute Gasteiger partial charge is 0.451 e. The number of rotatable bonds is 6. The number of amides is 1. The van der Waals surface area contributed by atoms with E-state index in [-0.39, 0.29) is 12.0 Å². The van der Waals surface area contributed by atoms with Gasteiger partial charge in [-0.15, -0.1) is 0 Å². The van der Waals surface area contributed by atoms with Gasteiger partial charge in [0.2, 0.25) is 0 Å². The average Bonchev–Trinajstić information content (AvgIpc) is 3.35. The first-order valence-corrected chi connectivity index (χ1v) is 11.0. The summed E-state index contributed by atoms with van der Waals surface area (Å²) in [4.78, 5) is 17.6. The van der Waals surface area contributed by atoms with Gasteiger partial charge in [0, 0.05) is 50.4 Å². The Morgan fingerprint density at radius 2 is 1.84 bits per heavy atom. The number of fused-ring (bicyclic) bond motifs is 1. The van der Waals surface area contributed by atoms with E-state index in [2.05, 4.69) is 42.2 Å². The highest BCUT2D eigenvalue weighted by atomic mass is 16.5. The van der Waals surface area contributed by atoms with Gasteiger partial charge in [-0.25, -0.2) is 0 Å². The first-order chi connectivity index (χ1) is 14.8. The van der Waals surface area contributed by atoms with Crippen LogP contribution in [-0.4, -0.2) is 44.2 Å². The fraction of sp³-hybridized carbons (Fsp3) is 0.423. The fourth-order valence-electron chi connectivity index (χ4n) is 4.51. The number of hydrogen-bond donors (Lipinski definition) is 0. The maximum atomic E-state index is 13.7. The van der Waals surface area contributed by atoms with Crippen molar-refractivity contribution < 1.29 is 13.9 Å². The Balaban J connectivity index is 1.65. The zero-order valence-corrected chi connectivity index (χ0v) is 19.2. The zero-order valence-electron chi connectivity index (χ0n) is 19.2. The molecule has 1 fully saturated rings. The Morgan fingerprint density at radius 3 is 2.48 bits per heavy atom. The molecule has 1 aliphatic rings. The molecule has 5 nitrogen and oxygen atoms in total. The Morgan fingerprint density at radius 1 is 1.10 bits per heavy atom. The number of nitrogens with zero attached hydrogens (tertiary/aromatic N) is 2. The maximum absolute atomic E-state index is 13.7. The van der Waals surface area contributed by atoms with Gasteiger partial charge in [-0.3, -0.25) is 4.79 Å². The molecule has 0 saturated carbocycles. The standard InChI is InChI=1S/C26H32N2O3/c1-17-13-18(2)24-19(3)25(31-23(24)14-17)26(29)28(16-22-7-6-12-30-22)15-20-8-10-21(11-9-20)27(4)5/h8-11,13-14,22H,6-7,12,15-16H2,1-5H3. The Labute approximate surface area is 184 Å². The van der Waals surface area contributed by atoms with Gasteiger partial charge in [-0.2, -0.15) is 0 Å². The second-order valence-electron chi connectivity index (χ2n) is 8.89. The van der Waals surface area contributed by atoms with Gasteiger partial charge in [0.05, 0.1) is 6.10 Å². The van der Waals surface area contributed by atoms with Crippen molar-refractivity contribution in [2.75, 3.05) is 32.1 Å². The van der Waals surface area contributed by atoms with Gasteiger partial charge in [-0.1, -0.05) is 18.2 Å². The molecule has 164 valence electrons. The molecule has 0 aliphatic carbocycles. The minimum atomic E-state index is -0.0714. The van der Waals surface area contributed by atoms with Crippen molar-refractivity contribution in [1.29, 1.82) is 0 Å². The number of ether oxygens (including phenoxy) is 1. The lowest BCUT2D eigenvalue weighted by Gasteiger charge is -2.25. The van der Waals surface area contributed by atoms with Crippen LogP contribution < -0.4 is 4.90 Å². The highest BCUT2D eigenvalue weighted by molar-refractivity contribution is 6.00. The van der Waals surface area contributed by atoms with Crippen LogP contribution in [0.1, 0.15) is 45.7 Å². The monoisotopic (exact) mass is 420 g/mol. The third-order valence-corrected chi connectivity index (χ3v) is 6.13. The summed E-state index contributed by atoms with van der Waals surface area (Å²) < 4.78 is 12.0. The molecule has 3 aromatic rings. The van der Waals surface area contributed by atoms with E-state index >= 15 is 0 Å². The molecule has 5 heteroatoms. The molecule has 1 saturated heterocycles. The van der Waals surface area contributed by atoms with Crippen molar-refractivity contribution in [2.45, 2.75) is 46.3 Å². The van der Waals surface area contributed by atoms with Gasteiger partial charge < -0.3 is 19.0 Å². The Hall–Kier alpha value is -2.79. The van der Waals surface area contributed by atoms with Crippen molar-refractivity contribution in [3.63, 3.8) is 0 Å². The minimum Gasteiger partial charge on any atom is -0.451 e. The molecule has 1 amide bonds. The van der Waals surface area contributed by atoms with Crippen molar-refractivity contribution in [3.05, 3.63) is 64.4 Å². The molecule has 1 unspecified atom stereocenters. The number of furan rings is 1. The molecule has 0 bridgehead atoms. The predicted octanol–water partition coefficient (Wildman–Crippen LogP) is 5.25. The van der Waals surface area contributed by atoms with Gasteiger partial charge in [0.25, 0.3) is 5.91 Å². The second kappa shape index (κ2) is 8.75. The SMILES string of the molecule is Cc1cc(C)c2c(C)c(C(=O)N(Cc3ccc(N(C)C)cc3)CC3CCCO3)oc2c1. The molecule has 1 atom stereocenters. The molecular weight excluding hydrogens is 388 g/mol. The van der Waals surface area contributed by atoms with Crippen LogP contribution in [0.5, 0.6) is 0 Å². The molecule has 0 spiro atoms. The van der Waals surface area contributed by atoms with E-state index in [0.29, 0.717) is 18.8 Å². The number of carbonyl (C=O) groups excluding carboxylic acids is 1. The van der Waals surface area contributed by atoms with Gasteiger partial charge in [0.15, 0.2) is 5.76 Å². The van der Waals surface area contributed by atoms with E-state index in [1.807, 2.05) is 38.9 Å². The molecule has 2 aromatic carbocycles. The summed E-state index contributed by atoms with van der Waals surface area (Å²) >= 11 is 0. The van der Waals surface area contributed by atoms with Crippen LogP contribution in [0.25, 0.3) is 11.0 Å². The van der Waals surface area contributed by atoms with Gasteiger partial charge in [0.1, 0.15) is 5.58 Å². The van der Waals surface area contributed by atoms with Crippen LogP contribution in [-0.2, 0) is 11.3 Å². The molecular formula is C26H32N2O3. The van der Waals surface area contributed by atoms with E-state index in [1.165, 1.54) is 0 Å². The van der Waals surface area contributed by atoms with Crippen LogP contribution in [0.4, 0.5) is 5.69 Å². The third-order valence-electron chi connectivity index (χ3n) is 6.13. The highest BCUT2D eigenvalue weighted by Gasteiger charge is 2.28. The van der Waals surface area contributed by atoms with Crippen LogP contribution >= 0.6 is 0 Å². The smallest absolute Gasteiger partial charge is 0.290 e. The van der Waals surface area contributed by atoms with Crippen LogP contribution in [0.15, 0.2) is 40.8 Å². The van der Waals surface area contributed by atoms with Gasteiger partial charge >= 0.3 is 0 Å². The summed E-state index contributed by atoms with van der Waals surface area (Å²) in [6.07, 6.45) is 2.12. The average molecular weight is 421 g/mol. The number of anilines is 1. The summed E-state index contributed by atoms with van der Waals surface area (Å²) in [5, 5.41) is 1.04. The lowest BCUT2D eigenvalue weighted by atomic mass is 10.0. The number of hydrogen-bond acceptors (Lipinski definition) is 4. The summed E-state index contributed by atoms with van der Waals surface area (Å²) in [5.74, 6) is 0.365. The van der Waals surface area contributed by atoms with E-state index in [1.54, 1.807) is 0 Å². The third kappa shape index (κ3) is 4.47.